The molecule has 11 atom stereocenters. The molecule has 2 aliphatic rings. The smallest absolute Gasteiger partial charge is 0.335 e. The molecule has 0 amide bonds. The first kappa shape index (κ1) is 24.3. The largest absolute Gasteiger partial charge is 0.479 e. The molecule has 2 saturated heterocycles. The summed E-state index contributed by atoms with van der Waals surface area (Å²) in [5, 5.41) is 86.7. The van der Waals surface area contributed by atoms with Gasteiger partial charge in [-0.2, -0.15) is 0 Å². The Morgan fingerprint density at radius 3 is 1.79 bits per heavy atom. The van der Waals surface area contributed by atoms with E-state index in [0.29, 0.717) is 0 Å². The molecule has 0 bridgehead atoms. The highest BCUT2D eigenvalue weighted by atomic mass is 16.8. The number of hydrogen-bond donors (Lipinski definition) is 9. The Morgan fingerprint density at radius 2 is 1.31 bits per heavy atom. The first-order chi connectivity index (χ1) is 13.7. The van der Waals surface area contributed by atoms with Crippen molar-refractivity contribution in [3.63, 3.8) is 0 Å². The molecule has 0 aromatic heterocycles. The van der Waals surface area contributed by atoms with E-state index in [1.807, 2.05) is 0 Å². The summed E-state index contributed by atoms with van der Waals surface area (Å²) >= 11 is 0. The fraction of sp³-hybridized carbons (Fsp3) is 0.933. The molecule has 2 aliphatic heterocycles. The van der Waals surface area contributed by atoms with Crippen LogP contribution in [0.1, 0.15) is 0 Å². The summed E-state index contributed by atoms with van der Waals surface area (Å²) in [4.78, 5) is 11.1. The van der Waals surface area contributed by atoms with Gasteiger partial charge in [0.25, 0.3) is 0 Å². The van der Waals surface area contributed by atoms with Gasteiger partial charge in [-0.25, -0.2) is 4.79 Å². The van der Waals surface area contributed by atoms with E-state index in [2.05, 4.69) is 0 Å². The van der Waals surface area contributed by atoms with Crippen LogP contribution in [-0.2, 0) is 23.7 Å². The van der Waals surface area contributed by atoms with Crippen LogP contribution in [0.15, 0.2) is 0 Å². The average Bonchev–Trinajstić information content (AvgIpc) is 2.70. The summed E-state index contributed by atoms with van der Waals surface area (Å²) in [5.41, 5.74) is 0. The van der Waals surface area contributed by atoms with Gasteiger partial charge in [-0.3, -0.25) is 0 Å². The Kier molecular flexibility index (Phi) is 8.65. The molecule has 170 valence electrons. The Morgan fingerprint density at radius 1 is 0.793 bits per heavy atom. The third kappa shape index (κ3) is 5.19. The molecule has 1 unspecified atom stereocenters. The molecule has 2 fully saturated rings. The molecule has 2 heterocycles. The average molecular weight is 430 g/mol. The summed E-state index contributed by atoms with van der Waals surface area (Å²) < 4.78 is 20.8. The summed E-state index contributed by atoms with van der Waals surface area (Å²) in [7, 11) is 0. The molecular weight excluding hydrogens is 404 g/mol. The van der Waals surface area contributed by atoms with E-state index in [1.165, 1.54) is 0 Å². The van der Waals surface area contributed by atoms with Crippen LogP contribution in [0.3, 0.4) is 0 Å². The normalized spacial score (nSPS) is 44.4. The molecule has 9 N–H and O–H groups in total. The Bertz CT molecular complexity index is 531. The highest BCUT2D eigenvalue weighted by Gasteiger charge is 2.51. The zero-order valence-electron chi connectivity index (χ0n) is 15.0. The minimum Gasteiger partial charge on any atom is -0.479 e. The van der Waals surface area contributed by atoms with Crippen molar-refractivity contribution in [1.29, 1.82) is 0 Å². The molecule has 0 aliphatic carbocycles. The van der Waals surface area contributed by atoms with Crippen molar-refractivity contribution in [2.75, 3.05) is 19.8 Å². The van der Waals surface area contributed by atoms with Crippen LogP contribution in [-0.4, -0.2) is 139 Å². The standard InChI is InChI=1S/C15H26O14/c16-1-4-7(19)9(21)11(23)14(26-4)29-12-10(22)8(20)5(2-17)27-15(12)28-6(3-18)13(24)25/h4-12,14-23H,1-3H2,(H,24,25)/t4-,5-,6?,7-,8-,9+,10+,11+,12-,14-,15-/m1/s1. The van der Waals surface area contributed by atoms with Gasteiger partial charge >= 0.3 is 5.97 Å². The topological polar surface area (TPSA) is 236 Å². The van der Waals surface area contributed by atoms with Gasteiger partial charge in [0, 0.05) is 0 Å². The second kappa shape index (κ2) is 10.3. The lowest BCUT2D eigenvalue weighted by molar-refractivity contribution is -0.371. The van der Waals surface area contributed by atoms with E-state index in [-0.39, 0.29) is 0 Å². The van der Waals surface area contributed by atoms with Gasteiger partial charge in [0.1, 0.15) is 48.8 Å². The Labute approximate surface area is 164 Å². The molecule has 0 aromatic rings. The number of carboxylic acids is 1. The number of rotatable bonds is 8. The lowest BCUT2D eigenvalue weighted by Crippen LogP contribution is -2.65. The molecule has 0 saturated carbocycles. The maximum Gasteiger partial charge on any atom is 0.335 e. The van der Waals surface area contributed by atoms with Crippen LogP contribution in [0, 0.1) is 0 Å². The third-order valence-corrected chi connectivity index (χ3v) is 4.70. The minimum absolute atomic E-state index is 0.755. The van der Waals surface area contributed by atoms with Crippen molar-refractivity contribution < 1.29 is 69.7 Å². The fourth-order valence-electron chi connectivity index (χ4n) is 2.99. The van der Waals surface area contributed by atoms with Crippen LogP contribution < -0.4 is 0 Å². The van der Waals surface area contributed by atoms with Crippen molar-refractivity contribution in [3.8, 4) is 0 Å². The summed E-state index contributed by atoms with van der Waals surface area (Å²) in [6.07, 6.45) is -18.7. The van der Waals surface area contributed by atoms with Gasteiger partial charge in [0.15, 0.2) is 18.7 Å². The second-order valence-electron chi connectivity index (χ2n) is 6.65. The van der Waals surface area contributed by atoms with Crippen LogP contribution >= 0.6 is 0 Å². The second-order valence-corrected chi connectivity index (χ2v) is 6.65. The number of hydrogen-bond acceptors (Lipinski definition) is 13. The van der Waals surface area contributed by atoms with E-state index in [9.17, 15) is 40.5 Å². The van der Waals surface area contributed by atoms with Crippen molar-refractivity contribution in [2.45, 2.75) is 67.5 Å². The lowest BCUT2D eigenvalue weighted by atomic mass is 9.97. The number of aliphatic hydroxyl groups excluding tert-OH is 8. The highest BCUT2D eigenvalue weighted by Crippen LogP contribution is 2.30. The monoisotopic (exact) mass is 430 g/mol. The molecule has 29 heavy (non-hydrogen) atoms. The summed E-state index contributed by atoms with van der Waals surface area (Å²) in [5.74, 6) is -1.58. The van der Waals surface area contributed by atoms with Gasteiger partial charge in [-0.1, -0.05) is 0 Å². The first-order valence-electron chi connectivity index (χ1n) is 8.73. The van der Waals surface area contributed by atoms with Crippen LogP contribution in [0.5, 0.6) is 0 Å². The van der Waals surface area contributed by atoms with E-state index in [0.717, 1.165) is 0 Å². The minimum atomic E-state index is -1.86. The zero-order chi connectivity index (χ0) is 21.9. The van der Waals surface area contributed by atoms with E-state index in [1.54, 1.807) is 0 Å². The fourth-order valence-corrected chi connectivity index (χ4v) is 2.99. The number of ether oxygens (including phenoxy) is 4. The molecular formula is C15H26O14. The van der Waals surface area contributed by atoms with Crippen LogP contribution in [0.4, 0.5) is 0 Å². The molecule has 0 spiro atoms. The molecule has 2 rings (SSSR count). The molecule has 14 heteroatoms. The molecule has 14 nitrogen and oxygen atoms in total. The van der Waals surface area contributed by atoms with Crippen molar-refractivity contribution in [3.05, 3.63) is 0 Å². The molecule has 0 radical (unpaired) electrons. The molecule has 0 aromatic carbocycles. The predicted molar refractivity (Wildman–Crippen MR) is 86.0 cm³/mol. The van der Waals surface area contributed by atoms with Gasteiger partial charge in [-0.05, 0) is 0 Å². The van der Waals surface area contributed by atoms with Crippen LogP contribution in [0.2, 0.25) is 0 Å². The first-order valence-corrected chi connectivity index (χ1v) is 8.73. The van der Waals surface area contributed by atoms with Crippen molar-refractivity contribution in [1.82, 2.24) is 0 Å². The SMILES string of the molecule is O=C(O)C(CO)O[C@H]1O[C@H](CO)[C@@H](O)[C@H](O)[C@H]1O[C@H]1O[C@H](CO)[C@@H](O)[C@H](O)[C@@H]1O. The Balaban J connectivity index is 2.23. The number of carboxylic acid groups (broad SMARTS) is 1. The Hall–Kier alpha value is -1.01. The number of carbonyl (C=O) groups is 1. The van der Waals surface area contributed by atoms with E-state index in [4.69, 9.17) is 29.2 Å². The predicted octanol–water partition coefficient (Wildman–Crippen LogP) is -5.93. The van der Waals surface area contributed by atoms with Gasteiger partial charge in [-0.15, -0.1) is 0 Å². The van der Waals surface area contributed by atoms with Gasteiger partial charge in [0.05, 0.1) is 19.8 Å². The lowest BCUT2D eigenvalue weighted by Gasteiger charge is -2.46. The van der Waals surface area contributed by atoms with Crippen LogP contribution in [0.25, 0.3) is 0 Å². The quantitative estimate of drug-likeness (QED) is 0.174. The van der Waals surface area contributed by atoms with Gasteiger partial charge < -0.3 is 64.9 Å². The maximum absolute atomic E-state index is 11.1. The number of aliphatic carboxylic acids is 1. The van der Waals surface area contributed by atoms with Gasteiger partial charge in [0.2, 0.25) is 0 Å². The van der Waals surface area contributed by atoms with Crippen molar-refractivity contribution in [2.24, 2.45) is 0 Å². The summed E-state index contributed by atoms with van der Waals surface area (Å²) in [6.45, 7) is -2.51. The van der Waals surface area contributed by atoms with Crippen molar-refractivity contribution >= 4 is 5.97 Å². The maximum atomic E-state index is 11.1. The summed E-state index contributed by atoms with van der Waals surface area (Å²) in [6, 6.07) is 0. The number of aliphatic hydroxyl groups is 8. The van der Waals surface area contributed by atoms with E-state index >= 15 is 0 Å². The zero-order valence-corrected chi connectivity index (χ0v) is 15.0. The van der Waals surface area contributed by atoms with E-state index < -0.39 is 93.3 Å². The highest BCUT2D eigenvalue weighted by molar-refractivity contribution is 5.72. The third-order valence-electron chi connectivity index (χ3n) is 4.70.